The van der Waals surface area contributed by atoms with Gasteiger partial charge in [-0.3, -0.25) is 9.59 Å². The van der Waals surface area contributed by atoms with Gasteiger partial charge >= 0.3 is 0 Å². The Morgan fingerprint density at radius 3 is 2.68 bits per heavy atom. The fourth-order valence-corrected chi connectivity index (χ4v) is 4.14. The molecule has 0 aliphatic carbocycles. The summed E-state index contributed by atoms with van der Waals surface area (Å²) in [5, 5.41) is 0.513. The van der Waals surface area contributed by atoms with Crippen LogP contribution in [0.3, 0.4) is 0 Å². The first-order valence-corrected chi connectivity index (χ1v) is 11.0. The van der Waals surface area contributed by atoms with E-state index in [0.29, 0.717) is 35.6 Å². The molecular formula is C26H29NO4. The summed E-state index contributed by atoms with van der Waals surface area (Å²) in [6, 6.07) is 12.7. The number of aryl methyl sites for hydroxylation is 1. The van der Waals surface area contributed by atoms with Crippen molar-refractivity contribution in [2.45, 2.75) is 46.6 Å². The Bertz CT molecular complexity index is 1180. The molecule has 0 bridgehead atoms. The second kappa shape index (κ2) is 8.58. The van der Waals surface area contributed by atoms with Crippen molar-refractivity contribution in [2.75, 3.05) is 13.2 Å². The van der Waals surface area contributed by atoms with E-state index in [1.54, 1.807) is 11.0 Å². The Balaban J connectivity index is 1.82. The first kappa shape index (κ1) is 21.2. The number of carbonyl (C=O) groups excluding carboxylic acids is 1. The molecule has 1 aromatic heterocycles. The van der Waals surface area contributed by atoms with Gasteiger partial charge < -0.3 is 14.1 Å². The molecule has 0 fully saturated rings. The van der Waals surface area contributed by atoms with E-state index < -0.39 is 6.04 Å². The Morgan fingerprint density at radius 2 is 1.94 bits per heavy atom. The number of ether oxygens (including phenoxy) is 1. The summed E-state index contributed by atoms with van der Waals surface area (Å²) in [7, 11) is 0. The number of benzene rings is 2. The molecule has 1 amide bonds. The van der Waals surface area contributed by atoms with Crippen molar-refractivity contribution in [1.29, 1.82) is 0 Å². The third kappa shape index (κ3) is 3.97. The average molecular weight is 420 g/mol. The van der Waals surface area contributed by atoms with Gasteiger partial charge in [0.1, 0.15) is 11.3 Å². The first-order valence-electron chi connectivity index (χ1n) is 11.0. The lowest BCUT2D eigenvalue weighted by molar-refractivity contribution is 0.0728. The van der Waals surface area contributed by atoms with E-state index >= 15 is 0 Å². The highest BCUT2D eigenvalue weighted by Crippen LogP contribution is 2.39. The molecule has 2 heterocycles. The lowest BCUT2D eigenvalue weighted by atomic mass is 9.98. The van der Waals surface area contributed by atoms with Gasteiger partial charge in [0.25, 0.3) is 5.91 Å². The summed E-state index contributed by atoms with van der Waals surface area (Å²) in [6.07, 6.45) is 1.75. The highest BCUT2D eigenvalue weighted by atomic mass is 16.5. The highest BCUT2D eigenvalue weighted by molar-refractivity contribution is 5.99. The van der Waals surface area contributed by atoms with Gasteiger partial charge in [-0.25, -0.2) is 0 Å². The van der Waals surface area contributed by atoms with Gasteiger partial charge in [-0.2, -0.15) is 0 Å². The van der Waals surface area contributed by atoms with Crippen LogP contribution in [0.5, 0.6) is 5.75 Å². The Labute approximate surface area is 182 Å². The number of carbonyl (C=O) groups is 1. The fourth-order valence-electron chi connectivity index (χ4n) is 4.14. The third-order valence-corrected chi connectivity index (χ3v) is 5.72. The molecule has 31 heavy (non-hydrogen) atoms. The standard InChI is InChI=1S/C26H29NO4/c1-5-12-27-23(18-7-6-8-19(15-18)30-13-11-16(2)3)22-24(28)20-14-17(4)9-10-21(20)31-25(22)26(27)29/h6-10,14-16,23H,5,11-13H2,1-4H3. The quantitative estimate of drug-likeness (QED) is 0.509. The molecule has 1 aliphatic rings. The van der Waals surface area contributed by atoms with Gasteiger partial charge in [0, 0.05) is 6.54 Å². The zero-order valence-electron chi connectivity index (χ0n) is 18.6. The normalized spacial score (nSPS) is 15.7. The molecule has 2 aromatic carbocycles. The molecule has 0 saturated heterocycles. The van der Waals surface area contributed by atoms with E-state index in [-0.39, 0.29) is 17.1 Å². The zero-order valence-corrected chi connectivity index (χ0v) is 18.6. The van der Waals surface area contributed by atoms with E-state index in [9.17, 15) is 9.59 Å². The second-order valence-corrected chi connectivity index (χ2v) is 8.68. The van der Waals surface area contributed by atoms with E-state index in [1.807, 2.05) is 50.2 Å². The van der Waals surface area contributed by atoms with Crippen LogP contribution < -0.4 is 10.2 Å². The Kier molecular flexibility index (Phi) is 5.86. The van der Waals surface area contributed by atoms with Gasteiger partial charge in [-0.05, 0) is 55.5 Å². The molecule has 5 heteroatoms. The number of nitrogens with zero attached hydrogens (tertiary/aromatic N) is 1. The van der Waals surface area contributed by atoms with Crippen molar-refractivity contribution in [2.24, 2.45) is 5.92 Å². The van der Waals surface area contributed by atoms with E-state index in [4.69, 9.17) is 9.15 Å². The number of fused-ring (bicyclic) bond motifs is 2. The average Bonchev–Trinajstić information content (AvgIpc) is 3.01. The van der Waals surface area contributed by atoms with E-state index in [0.717, 1.165) is 29.7 Å². The summed E-state index contributed by atoms with van der Waals surface area (Å²) in [5.74, 6) is 1.24. The van der Waals surface area contributed by atoms with Crippen molar-refractivity contribution >= 4 is 16.9 Å². The van der Waals surface area contributed by atoms with Crippen LogP contribution in [-0.4, -0.2) is 24.0 Å². The van der Waals surface area contributed by atoms with Crippen LogP contribution in [0.4, 0.5) is 0 Å². The van der Waals surface area contributed by atoms with E-state index in [2.05, 4.69) is 13.8 Å². The maximum absolute atomic E-state index is 13.5. The van der Waals surface area contributed by atoms with Crippen LogP contribution in [0.1, 0.15) is 66.9 Å². The summed E-state index contributed by atoms with van der Waals surface area (Å²) in [6.45, 7) is 9.46. The number of amides is 1. The lowest BCUT2D eigenvalue weighted by Gasteiger charge is -2.25. The van der Waals surface area contributed by atoms with Crippen LogP contribution in [0.25, 0.3) is 11.0 Å². The van der Waals surface area contributed by atoms with Crippen molar-refractivity contribution in [3.8, 4) is 5.75 Å². The molecule has 1 aliphatic heterocycles. The predicted octanol–water partition coefficient (Wildman–Crippen LogP) is 5.48. The van der Waals surface area contributed by atoms with E-state index in [1.165, 1.54) is 0 Å². The Hall–Kier alpha value is -3.08. The molecule has 0 spiro atoms. The molecule has 0 N–H and O–H groups in total. The molecule has 0 radical (unpaired) electrons. The Morgan fingerprint density at radius 1 is 1.13 bits per heavy atom. The summed E-state index contributed by atoms with van der Waals surface area (Å²) in [5.41, 5.74) is 2.58. The van der Waals surface area contributed by atoms with Crippen molar-refractivity contribution in [1.82, 2.24) is 4.90 Å². The fraction of sp³-hybridized carbons (Fsp3) is 0.385. The summed E-state index contributed by atoms with van der Waals surface area (Å²) < 4.78 is 11.9. The summed E-state index contributed by atoms with van der Waals surface area (Å²) in [4.78, 5) is 28.5. The largest absolute Gasteiger partial charge is 0.494 e. The molecule has 1 atom stereocenters. The maximum Gasteiger partial charge on any atom is 0.290 e. The van der Waals surface area contributed by atoms with Crippen molar-refractivity contribution in [3.63, 3.8) is 0 Å². The molecule has 1 unspecified atom stereocenters. The molecule has 0 saturated carbocycles. The lowest BCUT2D eigenvalue weighted by Crippen LogP contribution is -2.30. The SMILES string of the molecule is CCCN1C(=O)c2oc3ccc(C)cc3c(=O)c2C1c1cccc(OCCC(C)C)c1. The molecule has 5 nitrogen and oxygen atoms in total. The van der Waals surface area contributed by atoms with Gasteiger partial charge in [0.15, 0.2) is 5.43 Å². The second-order valence-electron chi connectivity index (χ2n) is 8.68. The monoisotopic (exact) mass is 419 g/mol. The van der Waals surface area contributed by atoms with Crippen LogP contribution in [0.15, 0.2) is 51.7 Å². The van der Waals surface area contributed by atoms with Gasteiger partial charge in [-0.15, -0.1) is 0 Å². The van der Waals surface area contributed by atoms with Crippen LogP contribution in [0.2, 0.25) is 0 Å². The minimum atomic E-state index is -0.475. The van der Waals surface area contributed by atoms with Gasteiger partial charge in [0.05, 0.1) is 23.6 Å². The highest BCUT2D eigenvalue weighted by Gasteiger charge is 2.42. The maximum atomic E-state index is 13.5. The minimum absolute atomic E-state index is 0.136. The van der Waals surface area contributed by atoms with Gasteiger partial charge in [-0.1, -0.05) is 44.5 Å². The molecule has 3 aromatic rings. The van der Waals surface area contributed by atoms with Crippen molar-refractivity contribution in [3.05, 3.63) is 75.1 Å². The van der Waals surface area contributed by atoms with Crippen molar-refractivity contribution < 1.29 is 13.9 Å². The third-order valence-electron chi connectivity index (χ3n) is 5.72. The topological polar surface area (TPSA) is 59.8 Å². The number of hydrogen-bond donors (Lipinski definition) is 0. The molecular weight excluding hydrogens is 390 g/mol. The summed E-state index contributed by atoms with van der Waals surface area (Å²) >= 11 is 0. The zero-order chi connectivity index (χ0) is 22.1. The minimum Gasteiger partial charge on any atom is -0.494 e. The number of hydrogen-bond acceptors (Lipinski definition) is 4. The van der Waals surface area contributed by atoms with Crippen LogP contribution in [0, 0.1) is 12.8 Å². The number of rotatable bonds is 7. The first-order chi connectivity index (χ1) is 14.9. The predicted molar refractivity (Wildman–Crippen MR) is 122 cm³/mol. The smallest absolute Gasteiger partial charge is 0.290 e. The molecule has 162 valence electrons. The molecule has 4 rings (SSSR count). The van der Waals surface area contributed by atoms with Gasteiger partial charge in [0.2, 0.25) is 5.76 Å². The van der Waals surface area contributed by atoms with Crippen LogP contribution >= 0.6 is 0 Å². The van der Waals surface area contributed by atoms with Crippen LogP contribution in [-0.2, 0) is 0 Å².